The van der Waals surface area contributed by atoms with Crippen molar-refractivity contribution < 1.29 is 4.79 Å². The van der Waals surface area contributed by atoms with Gasteiger partial charge >= 0.3 is 0 Å². The van der Waals surface area contributed by atoms with Crippen molar-refractivity contribution in [1.29, 1.82) is 0 Å². The van der Waals surface area contributed by atoms with Crippen LogP contribution in [0.1, 0.15) is 47.5 Å². The first-order chi connectivity index (χ1) is 17.4. The van der Waals surface area contributed by atoms with Crippen molar-refractivity contribution in [3.63, 3.8) is 0 Å². The number of azo groups is 1. The van der Waals surface area contributed by atoms with Crippen LogP contribution in [0.15, 0.2) is 52.1 Å². The second kappa shape index (κ2) is 12.5. The van der Waals surface area contributed by atoms with Crippen LogP contribution in [0.5, 0.6) is 0 Å². The van der Waals surface area contributed by atoms with Crippen LogP contribution in [-0.4, -0.2) is 43.9 Å². The number of nitrogens with zero attached hydrogens (tertiary/aromatic N) is 7. The number of rotatable bonds is 13. The molecule has 3 atom stereocenters. The summed E-state index contributed by atoms with van der Waals surface area (Å²) in [6.45, 7) is 9.93. The van der Waals surface area contributed by atoms with Gasteiger partial charge in [0, 0.05) is 30.2 Å². The highest BCUT2D eigenvalue weighted by Crippen LogP contribution is 2.35. The molecule has 1 aromatic carbocycles. The molecule has 0 aliphatic carbocycles. The van der Waals surface area contributed by atoms with Crippen LogP contribution in [0.3, 0.4) is 0 Å². The topological polar surface area (TPSA) is 151 Å². The summed E-state index contributed by atoms with van der Waals surface area (Å²) < 4.78 is 1.72. The van der Waals surface area contributed by atoms with Crippen molar-refractivity contribution in [3.05, 3.63) is 41.6 Å². The van der Waals surface area contributed by atoms with E-state index in [0.29, 0.717) is 34.9 Å². The number of aldehydes is 1. The molecule has 0 bridgehead atoms. The molecule has 0 saturated heterocycles. The molecule has 3 aromatic rings. The van der Waals surface area contributed by atoms with Crippen molar-refractivity contribution in [1.82, 2.24) is 19.5 Å². The minimum absolute atomic E-state index is 0.105. The average molecular weight is 493 g/mol. The van der Waals surface area contributed by atoms with Crippen LogP contribution in [0.4, 0.5) is 34.9 Å². The van der Waals surface area contributed by atoms with E-state index in [1.165, 1.54) is 0 Å². The zero-order chi connectivity index (χ0) is 26.1. The Kier molecular flexibility index (Phi) is 9.14. The maximum Gasteiger partial charge on any atom is 0.254 e. The first-order valence-electron chi connectivity index (χ1n) is 11.9. The van der Waals surface area contributed by atoms with E-state index >= 15 is 0 Å². The lowest BCUT2D eigenvalue weighted by atomic mass is 10.2. The van der Waals surface area contributed by atoms with Crippen LogP contribution >= 0.6 is 0 Å². The van der Waals surface area contributed by atoms with E-state index in [1.54, 1.807) is 48.1 Å². The lowest BCUT2D eigenvalue weighted by Crippen LogP contribution is -2.22. The third-order valence-electron chi connectivity index (χ3n) is 5.53. The van der Waals surface area contributed by atoms with Gasteiger partial charge in [-0.2, -0.15) is 9.97 Å². The van der Waals surface area contributed by atoms with Gasteiger partial charge in [-0.05, 0) is 63.1 Å². The SMILES string of the molecule is CCC(C)Nc1nc(NC(C)C=O)c(N=Nc2nccn2-c2ccc(N=O)cc2)c(NC(C)CC)n1. The van der Waals surface area contributed by atoms with Gasteiger partial charge in [-0.3, -0.25) is 4.57 Å². The molecule has 3 unspecified atom stereocenters. The lowest BCUT2D eigenvalue weighted by Gasteiger charge is -2.19. The number of nitroso groups, excluding NO2 is 1. The highest BCUT2D eigenvalue weighted by atomic mass is 16.3. The molecule has 0 radical (unpaired) electrons. The summed E-state index contributed by atoms with van der Waals surface area (Å²) in [6, 6.07) is 6.45. The fourth-order valence-electron chi connectivity index (χ4n) is 3.06. The standard InChI is InChI=1S/C24H32N10O2/c1-6-15(3)26-21-20(22(27-17(5)14-35)30-23(29-21)28-16(4)7-2)31-32-24-25-12-13-34(24)19-10-8-18(33-36)9-11-19/h8-17H,6-7H2,1-5H3,(H3,26,27,28,29,30). The first-order valence-corrected chi connectivity index (χ1v) is 11.9. The smallest absolute Gasteiger partial charge is 0.254 e. The molecule has 190 valence electrons. The molecule has 0 aliphatic heterocycles. The molecule has 2 aromatic heterocycles. The zero-order valence-corrected chi connectivity index (χ0v) is 21.1. The third-order valence-corrected chi connectivity index (χ3v) is 5.53. The van der Waals surface area contributed by atoms with E-state index < -0.39 is 6.04 Å². The number of benzene rings is 1. The van der Waals surface area contributed by atoms with Crippen LogP contribution < -0.4 is 16.0 Å². The molecule has 0 spiro atoms. The molecule has 3 rings (SSSR count). The molecule has 0 aliphatic rings. The van der Waals surface area contributed by atoms with Gasteiger partial charge in [0.05, 0.1) is 6.04 Å². The predicted octanol–water partition coefficient (Wildman–Crippen LogP) is 5.90. The normalized spacial score (nSPS) is 13.7. The monoisotopic (exact) mass is 492 g/mol. The molecule has 3 N–H and O–H groups in total. The highest BCUT2D eigenvalue weighted by molar-refractivity contribution is 5.78. The fraction of sp³-hybridized carbons (Fsp3) is 0.417. The largest absolute Gasteiger partial charge is 0.366 e. The number of imidazole rings is 1. The molecular formula is C24H32N10O2. The number of nitrogens with one attached hydrogen (secondary N) is 3. The summed E-state index contributed by atoms with van der Waals surface area (Å²) in [5, 5.41) is 21.5. The number of carbonyl (C=O) groups excluding carboxylic acids is 1. The average Bonchev–Trinajstić information content (AvgIpc) is 3.36. The van der Waals surface area contributed by atoms with Gasteiger partial charge < -0.3 is 20.7 Å². The first kappa shape index (κ1) is 26.4. The fourth-order valence-corrected chi connectivity index (χ4v) is 3.06. The van der Waals surface area contributed by atoms with E-state index in [-0.39, 0.29) is 12.1 Å². The van der Waals surface area contributed by atoms with Gasteiger partial charge in [-0.25, -0.2) is 4.98 Å². The van der Waals surface area contributed by atoms with Gasteiger partial charge in [-0.15, -0.1) is 15.1 Å². The second-order valence-corrected chi connectivity index (χ2v) is 8.47. The number of carbonyl (C=O) groups is 1. The summed E-state index contributed by atoms with van der Waals surface area (Å²) in [6.07, 6.45) is 5.87. The summed E-state index contributed by atoms with van der Waals surface area (Å²) in [7, 11) is 0. The van der Waals surface area contributed by atoms with E-state index in [4.69, 9.17) is 0 Å². The zero-order valence-electron chi connectivity index (χ0n) is 21.1. The van der Waals surface area contributed by atoms with Gasteiger partial charge in [0.1, 0.15) is 12.0 Å². The van der Waals surface area contributed by atoms with Crippen molar-refractivity contribution in [3.8, 4) is 5.69 Å². The minimum atomic E-state index is -0.506. The Morgan fingerprint density at radius 1 is 0.944 bits per heavy atom. The lowest BCUT2D eigenvalue weighted by molar-refractivity contribution is -0.108. The number of hydrogen-bond donors (Lipinski definition) is 3. The molecular weight excluding hydrogens is 460 g/mol. The van der Waals surface area contributed by atoms with Gasteiger partial charge in [0.15, 0.2) is 17.3 Å². The summed E-state index contributed by atoms with van der Waals surface area (Å²) in [5.41, 5.74) is 1.42. The summed E-state index contributed by atoms with van der Waals surface area (Å²) >= 11 is 0. The third kappa shape index (κ3) is 6.68. The molecule has 0 fully saturated rings. The van der Waals surface area contributed by atoms with Crippen LogP contribution in [0.2, 0.25) is 0 Å². The predicted molar refractivity (Wildman–Crippen MR) is 141 cm³/mol. The van der Waals surface area contributed by atoms with Crippen molar-refractivity contribution in [2.24, 2.45) is 15.4 Å². The number of anilines is 3. The van der Waals surface area contributed by atoms with Crippen LogP contribution in [-0.2, 0) is 4.79 Å². The Balaban J connectivity index is 2.07. The Hall–Kier alpha value is -4.22. The maximum absolute atomic E-state index is 11.4. The van der Waals surface area contributed by atoms with Gasteiger partial charge in [-0.1, -0.05) is 13.8 Å². The molecule has 12 heteroatoms. The molecule has 0 amide bonds. The molecule has 36 heavy (non-hydrogen) atoms. The minimum Gasteiger partial charge on any atom is -0.366 e. The van der Waals surface area contributed by atoms with E-state index in [0.717, 1.165) is 24.8 Å². The Labute approximate surface area is 210 Å². The van der Waals surface area contributed by atoms with E-state index in [9.17, 15) is 9.70 Å². The van der Waals surface area contributed by atoms with E-state index in [1.807, 2.05) is 13.8 Å². The van der Waals surface area contributed by atoms with Crippen molar-refractivity contribution in [2.75, 3.05) is 16.0 Å². The summed E-state index contributed by atoms with van der Waals surface area (Å²) in [4.78, 5) is 35.7. The molecule has 2 heterocycles. The van der Waals surface area contributed by atoms with E-state index in [2.05, 4.69) is 60.2 Å². The quantitative estimate of drug-likeness (QED) is 0.152. The maximum atomic E-state index is 11.4. The number of hydrogen-bond acceptors (Lipinski definition) is 11. The molecule has 12 nitrogen and oxygen atoms in total. The van der Waals surface area contributed by atoms with Crippen molar-refractivity contribution >= 4 is 41.2 Å². The number of aromatic nitrogens is 4. The van der Waals surface area contributed by atoms with Gasteiger partial charge in [0.25, 0.3) is 5.95 Å². The van der Waals surface area contributed by atoms with Crippen LogP contribution in [0, 0.1) is 4.91 Å². The Morgan fingerprint density at radius 2 is 1.58 bits per heavy atom. The highest BCUT2D eigenvalue weighted by Gasteiger charge is 2.19. The summed E-state index contributed by atoms with van der Waals surface area (Å²) in [5.74, 6) is 1.58. The molecule has 0 saturated carbocycles. The van der Waals surface area contributed by atoms with Crippen molar-refractivity contribution in [2.45, 2.75) is 65.6 Å². The Morgan fingerprint density at radius 3 is 2.19 bits per heavy atom. The van der Waals surface area contributed by atoms with Crippen LogP contribution in [0.25, 0.3) is 5.69 Å². The Bertz CT molecular complexity index is 1190. The van der Waals surface area contributed by atoms with Gasteiger partial charge in [0.2, 0.25) is 5.95 Å². The second-order valence-electron chi connectivity index (χ2n) is 8.47.